The molecule has 2 aromatic rings. The van der Waals surface area contributed by atoms with Crippen molar-refractivity contribution in [1.82, 2.24) is 0 Å². The maximum absolute atomic E-state index is 11.2. The van der Waals surface area contributed by atoms with Crippen molar-refractivity contribution in [3.63, 3.8) is 0 Å². The number of hydrogen-bond donors (Lipinski definition) is 1. The normalized spacial score (nSPS) is 21.2. The molecule has 0 heterocycles. The van der Waals surface area contributed by atoms with E-state index in [1.807, 2.05) is 43.3 Å². The highest BCUT2D eigenvalue weighted by Gasteiger charge is 2.40. The van der Waals surface area contributed by atoms with Crippen molar-refractivity contribution in [1.29, 1.82) is 0 Å². The number of rotatable bonds is 2. The zero-order valence-corrected chi connectivity index (χ0v) is 11.3. The molecule has 1 aliphatic carbocycles. The minimum Gasteiger partial charge on any atom is -0.496 e. The van der Waals surface area contributed by atoms with E-state index in [1.54, 1.807) is 7.11 Å². The molecule has 0 saturated heterocycles. The van der Waals surface area contributed by atoms with Crippen LogP contribution < -0.4 is 4.74 Å². The zero-order valence-electron chi connectivity index (χ0n) is 11.3. The minimum atomic E-state index is -0.923. The Morgan fingerprint density at radius 1 is 1.11 bits per heavy atom. The first-order valence-corrected chi connectivity index (χ1v) is 6.61. The van der Waals surface area contributed by atoms with Crippen LogP contribution in [0.15, 0.2) is 42.5 Å². The van der Waals surface area contributed by atoms with Crippen LogP contribution in [0.5, 0.6) is 5.75 Å². The van der Waals surface area contributed by atoms with Gasteiger partial charge in [-0.15, -0.1) is 0 Å². The zero-order chi connectivity index (χ0) is 13.5. The van der Waals surface area contributed by atoms with Crippen molar-refractivity contribution < 1.29 is 9.84 Å². The number of hydrogen-bond acceptors (Lipinski definition) is 2. The summed E-state index contributed by atoms with van der Waals surface area (Å²) >= 11 is 0. The lowest BCUT2D eigenvalue weighted by molar-refractivity contribution is 0.0799. The molecule has 1 aliphatic rings. The van der Waals surface area contributed by atoms with Crippen LogP contribution in [0.1, 0.15) is 28.7 Å². The van der Waals surface area contributed by atoms with Gasteiger partial charge in [0.15, 0.2) is 0 Å². The van der Waals surface area contributed by atoms with Crippen molar-refractivity contribution >= 4 is 0 Å². The van der Waals surface area contributed by atoms with Gasteiger partial charge in [0.2, 0.25) is 0 Å². The lowest BCUT2D eigenvalue weighted by atomic mass is 9.86. The van der Waals surface area contributed by atoms with Gasteiger partial charge in [-0.3, -0.25) is 0 Å². The van der Waals surface area contributed by atoms with E-state index < -0.39 is 5.60 Å². The third-order valence-electron chi connectivity index (χ3n) is 4.02. The van der Waals surface area contributed by atoms with Gasteiger partial charge in [-0.2, -0.15) is 0 Å². The summed E-state index contributed by atoms with van der Waals surface area (Å²) in [5, 5.41) is 11.2. The SMILES string of the molecule is COc1ccc(C)cc1C1(O)CCc2ccccc21. The molecule has 0 bridgehead atoms. The summed E-state index contributed by atoms with van der Waals surface area (Å²) in [7, 11) is 1.65. The fourth-order valence-electron chi connectivity index (χ4n) is 3.02. The topological polar surface area (TPSA) is 29.5 Å². The summed E-state index contributed by atoms with van der Waals surface area (Å²) in [5.74, 6) is 0.754. The molecule has 0 aliphatic heterocycles. The molecule has 3 rings (SSSR count). The van der Waals surface area contributed by atoms with Gasteiger partial charge in [-0.25, -0.2) is 0 Å². The summed E-state index contributed by atoms with van der Waals surface area (Å²) in [6, 6.07) is 14.1. The number of ether oxygens (including phenoxy) is 1. The standard InChI is InChI=1S/C17H18O2/c1-12-7-8-16(19-2)15(11-12)17(18)10-9-13-5-3-4-6-14(13)17/h3-8,11,18H,9-10H2,1-2H3. The highest BCUT2D eigenvalue weighted by molar-refractivity contribution is 5.51. The molecule has 0 amide bonds. The molecule has 1 N–H and O–H groups in total. The lowest BCUT2D eigenvalue weighted by Crippen LogP contribution is -2.24. The maximum atomic E-state index is 11.2. The molecule has 2 aromatic carbocycles. The van der Waals surface area contributed by atoms with Crippen LogP contribution >= 0.6 is 0 Å². The molecule has 0 aromatic heterocycles. The Labute approximate surface area is 113 Å². The molecule has 2 heteroatoms. The van der Waals surface area contributed by atoms with E-state index in [-0.39, 0.29) is 0 Å². The molecule has 2 nitrogen and oxygen atoms in total. The van der Waals surface area contributed by atoms with Crippen LogP contribution in [0.4, 0.5) is 0 Å². The molecule has 1 atom stereocenters. The van der Waals surface area contributed by atoms with Gasteiger partial charge in [-0.05, 0) is 43.0 Å². The quantitative estimate of drug-likeness (QED) is 0.892. The van der Waals surface area contributed by atoms with Crippen molar-refractivity contribution in [2.45, 2.75) is 25.4 Å². The van der Waals surface area contributed by atoms with E-state index in [4.69, 9.17) is 4.74 Å². The van der Waals surface area contributed by atoms with Crippen LogP contribution in [-0.4, -0.2) is 12.2 Å². The second kappa shape index (κ2) is 4.39. The Morgan fingerprint density at radius 3 is 2.68 bits per heavy atom. The molecule has 1 unspecified atom stereocenters. The maximum Gasteiger partial charge on any atom is 0.125 e. The van der Waals surface area contributed by atoms with E-state index >= 15 is 0 Å². The molecule has 98 valence electrons. The molecule has 0 saturated carbocycles. The van der Waals surface area contributed by atoms with Gasteiger partial charge in [-0.1, -0.05) is 35.9 Å². The molecule has 0 radical (unpaired) electrons. The summed E-state index contributed by atoms with van der Waals surface area (Å²) in [6.07, 6.45) is 1.62. The molecule has 19 heavy (non-hydrogen) atoms. The second-order valence-electron chi connectivity index (χ2n) is 5.22. The monoisotopic (exact) mass is 254 g/mol. The Balaban J connectivity index is 2.20. The lowest BCUT2D eigenvalue weighted by Gasteiger charge is -2.27. The Hall–Kier alpha value is -1.80. The summed E-state index contributed by atoms with van der Waals surface area (Å²) in [5.41, 5.74) is 3.33. The predicted octanol–water partition coefficient (Wildman–Crippen LogP) is 3.19. The van der Waals surface area contributed by atoms with Gasteiger partial charge in [0, 0.05) is 5.56 Å². The van der Waals surface area contributed by atoms with Crippen LogP contribution in [-0.2, 0) is 12.0 Å². The van der Waals surface area contributed by atoms with Crippen LogP contribution in [0.3, 0.4) is 0 Å². The summed E-state index contributed by atoms with van der Waals surface area (Å²) in [4.78, 5) is 0. The fraction of sp³-hybridized carbons (Fsp3) is 0.294. The van der Waals surface area contributed by atoms with E-state index in [2.05, 4.69) is 6.07 Å². The van der Waals surface area contributed by atoms with Crippen LogP contribution in [0.25, 0.3) is 0 Å². The first-order valence-electron chi connectivity index (χ1n) is 6.61. The van der Waals surface area contributed by atoms with E-state index in [9.17, 15) is 5.11 Å². The van der Waals surface area contributed by atoms with Gasteiger partial charge >= 0.3 is 0 Å². The largest absolute Gasteiger partial charge is 0.496 e. The van der Waals surface area contributed by atoms with Gasteiger partial charge in [0.25, 0.3) is 0 Å². The van der Waals surface area contributed by atoms with E-state index in [0.29, 0.717) is 6.42 Å². The Morgan fingerprint density at radius 2 is 1.89 bits per heavy atom. The average Bonchev–Trinajstić information content (AvgIpc) is 2.78. The third-order valence-corrected chi connectivity index (χ3v) is 4.02. The highest BCUT2D eigenvalue weighted by atomic mass is 16.5. The van der Waals surface area contributed by atoms with Crippen molar-refractivity contribution in [2.75, 3.05) is 7.11 Å². The molecule has 0 fully saturated rings. The molecule has 0 spiro atoms. The fourth-order valence-corrected chi connectivity index (χ4v) is 3.02. The number of fused-ring (bicyclic) bond motifs is 1. The third kappa shape index (κ3) is 1.83. The number of benzene rings is 2. The molecular weight excluding hydrogens is 236 g/mol. The summed E-state index contributed by atoms with van der Waals surface area (Å²) in [6.45, 7) is 2.03. The second-order valence-corrected chi connectivity index (χ2v) is 5.22. The van der Waals surface area contributed by atoms with Gasteiger partial charge < -0.3 is 9.84 Å². The first kappa shape index (κ1) is 12.2. The predicted molar refractivity (Wildman–Crippen MR) is 75.5 cm³/mol. The number of aryl methyl sites for hydroxylation is 2. The number of aliphatic hydroxyl groups is 1. The average molecular weight is 254 g/mol. The first-order chi connectivity index (χ1) is 9.15. The smallest absolute Gasteiger partial charge is 0.125 e. The van der Waals surface area contributed by atoms with E-state index in [0.717, 1.165) is 28.9 Å². The van der Waals surface area contributed by atoms with Crippen LogP contribution in [0, 0.1) is 6.92 Å². The molecular formula is C17H18O2. The van der Waals surface area contributed by atoms with Crippen LogP contribution in [0.2, 0.25) is 0 Å². The van der Waals surface area contributed by atoms with Gasteiger partial charge in [0.1, 0.15) is 11.4 Å². The Bertz CT molecular complexity index is 618. The van der Waals surface area contributed by atoms with Crippen molar-refractivity contribution in [3.05, 3.63) is 64.7 Å². The van der Waals surface area contributed by atoms with Crippen molar-refractivity contribution in [3.8, 4) is 5.75 Å². The summed E-state index contributed by atoms with van der Waals surface area (Å²) < 4.78 is 5.43. The van der Waals surface area contributed by atoms with Crippen molar-refractivity contribution in [2.24, 2.45) is 0 Å². The number of methoxy groups -OCH3 is 1. The Kier molecular flexibility index (Phi) is 2.83. The van der Waals surface area contributed by atoms with E-state index in [1.165, 1.54) is 5.56 Å². The van der Waals surface area contributed by atoms with Gasteiger partial charge in [0.05, 0.1) is 7.11 Å². The minimum absolute atomic E-state index is 0.714. The highest BCUT2D eigenvalue weighted by Crippen LogP contribution is 2.45.